The molecule has 1 aliphatic carbocycles. The van der Waals surface area contributed by atoms with E-state index >= 15 is 0 Å². The molecule has 0 radical (unpaired) electrons. The molecule has 2 amide bonds. The Bertz CT molecular complexity index is 1310. The molecule has 3 aromatic rings. The van der Waals surface area contributed by atoms with Crippen LogP contribution in [-0.2, 0) is 18.4 Å². The Balaban J connectivity index is 1.20. The minimum absolute atomic E-state index is 0.0425. The predicted molar refractivity (Wildman–Crippen MR) is 134 cm³/mol. The van der Waals surface area contributed by atoms with E-state index in [1.54, 1.807) is 4.90 Å². The molecule has 1 aromatic carbocycles. The second kappa shape index (κ2) is 7.93. The van der Waals surface area contributed by atoms with Crippen LogP contribution in [0.25, 0.3) is 9.53 Å². The number of fused-ring (bicyclic) bond motifs is 4. The molecule has 4 heterocycles. The van der Waals surface area contributed by atoms with Gasteiger partial charge < -0.3 is 21.5 Å². The number of carbonyl (C=O) groups is 2. The van der Waals surface area contributed by atoms with Crippen LogP contribution in [0.3, 0.4) is 0 Å². The standard InChI is InChI=1S/C24H27N5O3S2/c1-12-27-22-20(33-12)18(25)19(34-22)21(30)28-16-5-3-13-8-15(4-2-14(13)9-16)24-7-6-17(10-26-11-24)29(24)23(31)32/h2,4,8,16-17,26H,3,5-7,9-11,25H2,1H3,(H,28,30)(H,31,32)/t16-,17?,24?/m1/s1. The number of nitrogens with zero attached hydrogens (tertiary/aromatic N) is 2. The summed E-state index contributed by atoms with van der Waals surface area (Å²) >= 11 is 2.88. The first kappa shape index (κ1) is 21.8. The first-order valence-electron chi connectivity index (χ1n) is 11.7. The van der Waals surface area contributed by atoms with E-state index < -0.39 is 11.6 Å². The molecule has 2 aliphatic heterocycles. The number of nitrogens with two attached hydrogens (primary N) is 1. The molecule has 8 nitrogen and oxygen atoms in total. The van der Waals surface area contributed by atoms with Crippen LogP contribution in [0.4, 0.5) is 10.5 Å². The van der Waals surface area contributed by atoms with E-state index in [0.717, 1.165) is 58.8 Å². The highest BCUT2D eigenvalue weighted by molar-refractivity contribution is 7.29. The Morgan fingerprint density at radius 3 is 2.94 bits per heavy atom. The van der Waals surface area contributed by atoms with E-state index in [4.69, 9.17) is 5.73 Å². The van der Waals surface area contributed by atoms with Crippen molar-refractivity contribution < 1.29 is 14.7 Å². The summed E-state index contributed by atoms with van der Waals surface area (Å²) < 4.78 is 0.898. The van der Waals surface area contributed by atoms with Gasteiger partial charge in [-0.15, -0.1) is 22.7 Å². The zero-order valence-electron chi connectivity index (χ0n) is 18.9. The molecular weight excluding hydrogens is 470 g/mol. The molecule has 0 spiro atoms. The topological polar surface area (TPSA) is 121 Å². The van der Waals surface area contributed by atoms with Gasteiger partial charge >= 0.3 is 6.09 Å². The Morgan fingerprint density at radius 2 is 2.15 bits per heavy atom. The molecule has 6 rings (SSSR count). The van der Waals surface area contributed by atoms with E-state index in [1.807, 2.05) is 6.92 Å². The van der Waals surface area contributed by atoms with Crippen molar-refractivity contribution in [1.29, 1.82) is 0 Å². The normalized spacial score (nSPS) is 26.0. The maximum atomic E-state index is 13.0. The molecule has 3 atom stereocenters. The highest BCUT2D eigenvalue weighted by Gasteiger charge is 2.52. The average molecular weight is 498 g/mol. The van der Waals surface area contributed by atoms with Gasteiger partial charge in [-0.2, -0.15) is 0 Å². The fraction of sp³-hybridized carbons (Fsp3) is 0.458. The molecule has 2 saturated heterocycles. The van der Waals surface area contributed by atoms with Crippen LogP contribution in [-0.4, -0.2) is 52.2 Å². The quantitative estimate of drug-likeness (QED) is 0.440. The van der Waals surface area contributed by atoms with Crippen LogP contribution in [0.2, 0.25) is 0 Å². The summed E-state index contributed by atoms with van der Waals surface area (Å²) in [6, 6.07) is 6.51. The Morgan fingerprint density at radius 1 is 1.29 bits per heavy atom. The van der Waals surface area contributed by atoms with Gasteiger partial charge in [0.15, 0.2) is 0 Å². The number of benzene rings is 1. The van der Waals surface area contributed by atoms with Crippen molar-refractivity contribution in [2.45, 2.75) is 56.7 Å². The molecule has 5 N–H and O–H groups in total. The van der Waals surface area contributed by atoms with Crippen LogP contribution in [0.1, 0.15) is 50.6 Å². The molecule has 10 heteroatoms. The van der Waals surface area contributed by atoms with Gasteiger partial charge in [0, 0.05) is 25.2 Å². The van der Waals surface area contributed by atoms with Gasteiger partial charge in [0.25, 0.3) is 5.91 Å². The van der Waals surface area contributed by atoms with Crippen LogP contribution in [0.15, 0.2) is 18.2 Å². The highest BCUT2D eigenvalue weighted by Crippen LogP contribution is 2.45. The number of carboxylic acid groups (broad SMARTS) is 1. The summed E-state index contributed by atoms with van der Waals surface area (Å²) in [6.07, 6.45) is 3.36. The number of nitrogens with one attached hydrogen (secondary N) is 2. The first-order chi connectivity index (χ1) is 16.4. The molecule has 2 unspecified atom stereocenters. The predicted octanol–water partition coefficient (Wildman–Crippen LogP) is 3.48. The summed E-state index contributed by atoms with van der Waals surface area (Å²) in [5, 5.41) is 17.5. The van der Waals surface area contributed by atoms with Gasteiger partial charge in [0.2, 0.25) is 0 Å². The second-order valence-electron chi connectivity index (χ2n) is 9.62. The number of anilines is 1. The largest absolute Gasteiger partial charge is 0.465 e. The third kappa shape index (κ3) is 3.30. The summed E-state index contributed by atoms with van der Waals surface area (Å²) in [6.45, 7) is 3.32. The molecule has 0 saturated carbocycles. The molecule has 2 aromatic heterocycles. The van der Waals surface area contributed by atoms with Crippen molar-refractivity contribution in [3.63, 3.8) is 0 Å². The Kier molecular flexibility index (Phi) is 5.09. The van der Waals surface area contributed by atoms with Crippen LogP contribution in [0.5, 0.6) is 0 Å². The van der Waals surface area contributed by atoms with Gasteiger partial charge in [-0.3, -0.25) is 9.69 Å². The lowest BCUT2D eigenvalue weighted by Crippen LogP contribution is -2.60. The zero-order valence-corrected chi connectivity index (χ0v) is 20.5. The molecule has 178 valence electrons. The summed E-state index contributed by atoms with van der Waals surface area (Å²) in [5.74, 6) is -0.128. The number of thiazole rings is 1. The molecule has 34 heavy (non-hydrogen) atoms. The number of amides is 2. The number of carbonyl (C=O) groups excluding carboxylic acids is 1. The second-order valence-corrected chi connectivity index (χ2v) is 11.8. The van der Waals surface area contributed by atoms with Crippen molar-refractivity contribution >= 4 is 49.9 Å². The monoisotopic (exact) mass is 497 g/mol. The lowest BCUT2D eigenvalue weighted by Gasteiger charge is -2.44. The van der Waals surface area contributed by atoms with Crippen molar-refractivity contribution in [1.82, 2.24) is 20.5 Å². The fourth-order valence-corrected chi connectivity index (χ4v) is 8.12. The van der Waals surface area contributed by atoms with Crippen molar-refractivity contribution in [2.24, 2.45) is 0 Å². The van der Waals surface area contributed by atoms with E-state index in [0.29, 0.717) is 17.1 Å². The third-order valence-electron chi connectivity index (χ3n) is 7.63. The van der Waals surface area contributed by atoms with E-state index in [2.05, 4.69) is 33.8 Å². The minimum atomic E-state index is -0.831. The van der Waals surface area contributed by atoms with Crippen LogP contribution >= 0.6 is 22.7 Å². The minimum Gasteiger partial charge on any atom is -0.465 e. The Labute approximate surface area is 205 Å². The van der Waals surface area contributed by atoms with Crippen LogP contribution < -0.4 is 16.4 Å². The summed E-state index contributed by atoms with van der Waals surface area (Å²) in [5.41, 5.74) is 9.86. The van der Waals surface area contributed by atoms with E-state index in [-0.39, 0.29) is 18.0 Å². The van der Waals surface area contributed by atoms with Gasteiger partial charge in [0.1, 0.15) is 9.71 Å². The van der Waals surface area contributed by atoms with Crippen molar-refractivity contribution in [2.75, 3.05) is 18.8 Å². The van der Waals surface area contributed by atoms with Gasteiger partial charge in [0.05, 0.1) is 20.9 Å². The smallest absolute Gasteiger partial charge is 0.408 e. The maximum absolute atomic E-state index is 13.0. The average Bonchev–Trinajstić information content (AvgIpc) is 3.41. The number of rotatable bonds is 3. The zero-order chi connectivity index (χ0) is 23.6. The number of aryl methyl sites for hydroxylation is 2. The number of piperazine rings is 1. The number of hydrogen-bond acceptors (Lipinski definition) is 7. The number of aromatic nitrogens is 1. The van der Waals surface area contributed by atoms with Gasteiger partial charge in [-0.05, 0) is 55.7 Å². The Hall–Kier alpha value is -2.69. The number of nitrogen functional groups attached to an aromatic ring is 1. The molecule has 2 bridgehead atoms. The van der Waals surface area contributed by atoms with E-state index in [9.17, 15) is 14.7 Å². The van der Waals surface area contributed by atoms with Crippen molar-refractivity contribution in [3.05, 3.63) is 44.8 Å². The third-order valence-corrected chi connectivity index (χ3v) is 9.86. The van der Waals surface area contributed by atoms with Gasteiger partial charge in [-0.25, -0.2) is 9.78 Å². The molecular formula is C24H27N5O3S2. The molecule has 3 aliphatic rings. The van der Waals surface area contributed by atoms with Crippen LogP contribution in [0, 0.1) is 6.92 Å². The lowest BCUT2D eigenvalue weighted by molar-refractivity contribution is 0.0596. The highest BCUT2D eigenvalue weighted by atomic mass is 32.1. The molecule has 2 fully saturated rings. The first-order valence-corrected chi connectivity index (χ1v) is 13.3. The fourth-order valence-electron chi connectivity index (χ4n) is 6.03. The van der Waals surface area contributed by atoms with Gasteiger partial charge in [-0.1, -0.05) is 18.2 Å². The van der Waals surface area contributed by atoms with E-state index in [1.165, 1.54) is 33.8 Å². The number of thiophene rings is 1. The lowest BCUT2D eigenvalue weighted by atomic mass is 9.81. The summed E-state index contributed by atoms with van der Waals surface area (Å²) in [7, 11) is 0. The van der Waals surface area contributed by atoms with Crippen molar-refractivity contribution in [3.8, 4) is 0 Å². The number of hydrogen-bond donors (Lipinski definition) is 4. The summed E-state index contributed by atoms with van der Waals surface area (Å²) in [4.78, 5) is 32.6. The SMILES string of the molecule is Cc1nc2sc(C(=O)N[C@@H]3CCc4cc(C56CCC(CNC5)N6C(=O)O)ccc4C3)c(N)c2s1. The maximum Gasteiger partial charge on any atom is 0.408 e.